The van der Waals surface area contributed by atoms with Gasteiger partial charge in [0.1, 0.15) is 5.82 Å². The summed E-state index contributed by atoms with van der Waals surface area (Å²) in [7, 11) is 0. The van der Waals surface area contributed by atoms with Crippen LogP contribution < -0.4 is 5.73 Å². The summed E-state index contributed by atoms with van der Waals surface area (Å²) < 4.78 is 7.30. The molecule has 0 atom stereocenters. The molecule has 0 bridgehead atoms. The van der Waals surface area contributed by atoms with E-state index >= 15 is 0 Å². The van der Waals surface area contributed by atoms with Crippen LogP contribution in [0.5, 0.6) is 0 Å². The van der Waals surface area contributed by atoms with Crippen LogP contribution in [0.2, 0.25) is 0 Å². The number of nitrogen functional groups attached to an aromatic ring is 1. The molecule has 0 fully saturated rings. The highest BCUT2D eigenvalue weighted by Gasteiger charge is 2.13. The zero-order chi connectivity index (χ0) is 17.1. The van der Waals surface area contributed by atoms with Gasteiger partial charge < -0.3 is 10.5 Å². The van der Waals surface area contributed by atoms with Crippen molar-refractivity contribution in [1.82, 2.24) is 14.6 Å². The molecule has 0 amide bonds. The lowest BCUT2D eigenvalue weighted by molar-refractivity contribution is 0.294. The number of nitrogens with zero attached hydrogens (tertiary/aromatic N) is 3. The van der Waals surface area contributed by atoms with Crippen LogP contribution in [-0.2, 0) is 4.74 Å². The molecule has 0 spiro atoms. The molecule has 5 heteroatoms. The van der Waals surface area contributed by atoms with Crippen molar-refractivity contribution < 1.29 is 4.74 Å². The summed E-state index contributed by atoms with van der Waals surface area (Å²) in [4.78, 5) is 4.59. The Kier molecular flexibility index (Phi) is 4.51. The Bertz CT molecular complexity index is 878. The third-order valence-electron chi connectivity index (χ3n) is 3.76. The Labute approximate surface area is 141 Å². The van der Waals surface area contributed by atoms with Gasteiger partial charge in [-0.1, -0.05) is 36.8 Å². The number of pyridine rings is 1. The fourth-order valence-corrected chi connectivity index (χ4v) is 2.58. The highest BCUT2D eigenvalue weighted by atomic mass is 16.5. The molecule has 2 aromatic heterocycles. The molecule has 0 saturated carbocycles. The summed E-state index contributed by atoms with van der Waals surface area (Å²) in [6.07, 6.45) is 2.84. The van der Waals surface area contributed by atoms with Crippen molar-refractivity contribution in [3.8, 4) is 11.1 Å². The number of rotatable bonds is 5. The Morgan fingerprint density at radius 1 is 1.17 bits per heavy atom. The van der Waals surface area contributed by atoms with Gasteiger partial charge in [-0.3, -0.25) is 0 Å². The topological polar surface area (TPSA) is 65.4 Å². The molecule has 1 aromatic carbocycles. The van der Waals surface area contributed by atoms with Gasteiger partial charge in [0.05, 0.1) is 6.61 Å². The SMILES string of the molecule is CC/C=C(\OCC)c1nc2cc(-c3ccc(C)cc3)cc(N)n2n1. The minimum Gasteiger partial charge on any atom is -0.490 e. The maximum absolute atomic E-state index is 6.19. The van der Waals surface area contributed by atoms with Crippen molar-refractivity contribution in [3.05, 3.63) is 53.9 Å². The molecule has 3 aromatic rings. The Morgan fingerprint density at radius 3 is 2.58 bits per heavy atom. The average molecular weight is 322 g/mol. The monoisotopic (exact) mass is 322 g/mol. The van der Waals surface area contributed by atoms with E-state index in [1.807, 2.05) is 25.1 Å². The summed E-state index contributed by atoms with van der Waals surface area (Å²) in [5, 5.41) is 4.49. The minimum atomic E-state index is 0.550. The Morgan fingerprint density at radius 2 is 1.92 bits per heavy atom. The van der Waals surface area contributed by atoms with E-state index in [-0.39, 0.29) is 0 Å². The predicted molar refractivity (Wildman–Crippen MR) is 97.5 cm³/mol. The Balaban J connectivity index is 2.08. The molecule has 0 unspecified atom stereocenters. The summed E-state index contributed by atoms with van der Waals surface area (Å²) in [6.45, 7) is 6.65. The van der Waals surface area contributed by atoms with Crippen LogP contribution in [0.3, 0.4) is 0 Å². The zero-order valence-electron chi connectivity index (χ0n) is 14.3. The molecule has 5 nitrogen and oxygen atoms in total. The van der Waals surface area contributed by atoms with Crippen molar-refractivity contribution in [1.29, 1.82) is 0 Å². The van der Waals surface area contributed by atoms with Crippen LogP contribution in [0.1, 0.15) is 31.7 Å². The van der Waals surface area contributed by atoms with Crippen molar-refractivity contribution in [2.75, 3.05) is 12.3 Å². The second kappa shape index (κ2) is 6.74. The van der Waals surface area contributed by atoms with Gasteiger partial charge in [-0.05, 0) is 49.6 Å². The number of fused-ring (bicyclic) bond motifs is 1. The highest BCUT2D eigenvalue weighted by molar-refractivity contribution is 5.71. The molecule has 3 rings (SSSR count). The van der Waals surface area contributed by atoms with Crippen LogP contribution in [-0.4, -0.2) is 21.2 Å². The summed E-state index contributed by atoms with van der Waals surface area (Å²) >= 11 is 0. The van der Waals surface area contributed by atoms with Crippen molar-refractivity contribution >= 4 is 17.2 Å². The summed E-state index contributed by atoms with van der Waals surface area (Å²) in [6, 6.07) is 12.2. The van der Waals surface area contributed by atoms with Crippen LogP contribution in [0, 0.1) is 6.92 Å². The van der Waals surface area contributed by atoms with Gasteiger partial charge in [-0.25, -0.2) is 4.98 Å². The quantitative estimate of drug-likeness (QED) is 0.719. The first-order valence-electron chi connectivity index (χ1n) is 8.19. The molecule has 0 aliphatic heterocycles. The third-order valence-corrected chi connectivity index (χ3v) is 3.76. The van der Waals surface area contributed by atoms with E-state index < -0.39 is 0 Å². The van der Waals surface area contributed by atoms with E-state index in [2.05, 4.69) is 48.2 Å². The van der Waals surface area contributed by atoms with Gasteiger partial charge >= 0.3 is 0 Å². The molecule has 2 N–H and O–H groups in total. The lowest BCUT2D eigenvalue weighted by Crippen LogP contribution is -2.00. The standard InChI is InChI=1S/C19H22N4O/c1-4-6-16(24-5-2)19-21-18-12-15(11-17(20)23(18)22-19)14-9-7-13(3)8-10-14/h6-12H,4-5,20H2,1-3H3/b16-6-. The van der Waals surface area contributed by atoms with Crippen LogP contribution >= 0.6 is 0 Å². The normalized spacial score (nSPS) is 11.9. The third kappa shape index (κ3) is 3.11. The maximum atomic E-state index is 6.19. The second-order valence-electron chi connectivity index (χ2n) is 5.65. The number of aryl methyl sites for hydroxylation is 1. The second-order valence-corrected chi connectivity index (χ2v) is 5.65. The fraction of sp³-hybridized carbons (Fsp3) is 0.263. The minimum absolute atomic E-state index is 0.550. The van der Waals surface area contributed by atoms with E-state index in [1.54, 1.807) is 4.52 Å². The summed E-state index contributed by atoms with van der Waals surface area (Å²) in [5.74, 6) is 1.81. The number of nitrogens with two attached hydrogens (primary N) is 1. The number of hydrogen-bond acceptors (Lipinski definition) is 4. The van der Waals surface area contributed by atoms with Gasteiger partial charge in [0.25, 0.3) is 0 Å². The lowest BCUT2D eigenvalue weighted by atomic mass is 10.1. The van der Waals surface area contributed by atoms with Crippen LogP contribution in [0.25, 0.3) is 22.5 Å². The van der Waals surface area contributed by atoms with E-state index in [0.717, 1.165) is 17.5 Å². The zero-order valence-corrected chi connectivity index (χ0v) is 14.3. The summed E-state index contributed by atoms with van der Waals surface area (Å²) in [5.41, 5.74) is 10.3. The number of hydrogen-bond donors (Lipinski definition) is 1. The van der Waals surface area contributed by atoms with Gasteiger partial charge in [0, 0.05) is 0 Å². The maximum Gasteiger partial charge on any atom is 0.217 e. The van der Waals surface area contributed by atoms with E-state index in [1.165, 1.54) is 5.56 Å². The highest BCUT2D eigenvalue weighted by Crippen LogP contribution is 2.25. The van der Waals surface area contributed by atoms with E-state index in [0.29, 0.717) is 29.7 Å². The Hall–Kier alpha value is -2.82. The lowest BCUT2D eigenvalue weighted by Gasteiger charge is -2.05. The first-order valence-corrected chi connectivity index (χ1v) is 8.19. The largest absolute Gasteiger partial charge is 0.490 e. The van der Waals surface area contributed by atoms with Crippen molar-refractivity contribution in [2.24, 2.45) is 0 Å². The van der Waals surface area contributed by atoms with Crippen molar-refractivity contribution in [2.45, 2.75) is 27.2 Å². The average Bonchev–Trinajstić information content (AvgIpc) is 3.00. The molecule has 0 aliphatic rings. The van der Waals surface area contributed by atoms with Gasteiger partial charge in [0.2, 0.25) is 5.82 Å². The molecular weight excluding hydrogens is 300 g/mol. The van der Waals surface area contributed by atoms with Gasteiger partial charge in [-0.2, -0.15) is 4.52 Å². The van der Waals surface area contributed by atoms with Gasteiger partial charge in [-0.15, -0.1) is 5.10 Å². The van der Waals surface area contributed by atoms with Crippen LogP contribution in [0.15, 0.2) is 42.5 Å². The molecule has 0 radical (unpaired) electrons. The first-order chi connectivity index (χ1) is 11.6. The fourth-order valence-electron chi connectivity index (χ4n) is 2.58. The first kappa shape index (κ1) is 16.1. The molecule has 124 valence electrons. The number of benzene rings is 1. The molecular formula is C19H22N4O. The van der Waals surface area contributed by atoms with Crippen LogP contribution in [0.4, 0.5) is 5.82 Å². The smallest absolute Gasteiger partial charge is 0.217 e. The molecule has 0 aliphatic carbocycles. The predicted octanol–water partition coefficient (Wildman–Crippen LogP) is 4.07. The number of anilines is 1. The number of allylic oxidation sites excluding steroid dienone is 1. The van der Waals surface area contributed by atoms with Gasteiger partial charge in [0.15, 0.2) is 11.4 Å². The van der Waals surface area contributed by atoms with E-state index in [9.17, 15) is 0 Å². The van der Waals surface area contributed by atoms with E-state index in [4.69, 9.17) is 10.5 Å². The molecule has 2 heterocycles. The number of aromatic nitrogens is 3. The number of ether oxygens (including phenoxy) is 1. The van der Waals surface area contributed by atoms with Crippen molar-refractivity contribution in [3.63, 3.8) is 0 Å². The molecule has 0 saturated heterocycles. The molecule has 24 heavy (non-hydrogen) atoms.